The van der Waals surface area contributed by atoms with Crippen molar-refractivity contribution in [2.24, 2.45) is 11.7 Å². The fourth-order valence-electron chi connectivity index (χ4n) is 2.11. The third kappa shape index (κ3) is 4.21. The van der Waals surface area contributed by atoms with E-state index in [4.69, 9.17) is 17.3 Å². The predicted octanol–water partition coefficient (Wildman–Crippen LogP) is 1.02. The lowest BCUT2D eigenvalue weighted by atomic mass is 10.1. The molecule has 0 spiro atoms. The molecule has 2 rings (SSSR count). The zero-order valence-electron chi connectivity index (χ0n) is 11.2. The van der Waals surface area contributed by atoms with Gasteiger partial charge in [0.1, 0.15) is 0 Å². The Morgan fingerprint density at radius 1 is 1.48 bits per heavy atom. The van der Waals surface area contributed by atoms with Crippen LogP contribution in [-0.2, 0) is 14.6 Å². The molecule has 0 aliphatic carbocycles. The van der Waals surface area contributed by atoms with E-state index in [-0.39, 0.29) is 24.0 Å². The molecule has 5 nitrogen and oxygen atoms in total. The number of amides is 1. The lowest BCUT2D eigenvalue weighted by molar-refractivity contribution is -0.119. The number of carbonyl (C=O) groups excluding carboxylic acids is 1. The Kier molecular flexibility index (Phi) is 4.88. The Labute approximate surface area is 128 Å². The van der Waals surface area contributed by atoms with Crippen molar-refractivity contribution in [3.63, 3.8) is 0 Å². The first-order valence-electron chi connectivity index (χ1n) is 6.41. The van der Waals surface area contributed by atoms with Crippen LogP contribution in [0.1, 0.15) is 12.0 Å². The van der Waals surface area contributed by atoms with Crippen molar-refractivity contribution in [2.75, 3.05) is 23.4 Å². The van der Waals surface area contributed by atoms with Crippen molar-refractivity contribution in [3.05, 3.63) is 28.8 Å². The summed E-state index contributed by atoms with van der Waals surface area (Å²) in [4.78, 5) is 12.1. The number of rotatable bonds is 2. The van der Waals surface area contributed by atoms with Crippen LogP contribution in [0.15, 0.2) is 18.2 Å². The van der Waals surface area contributed by atoms with E-state index < -0.39 is 15.8 Å². The van der Waals surface area contributed by atoms with E-state index >= 15 is 0 Å². The van der Waals surface area contributed by atoms with Gasteiger partial charge in [-0.25, -0.2) is 8.42 Å². The predicted molar refractivity (Wildman–Crippen MR) is 82.8 cm³/mol. The zero-order chi connectivity index (χ0) is 15.5. The smallest absolute Gasteiger partial charge is 0.228 e. The van der Waals surface area contributed by atoms with Crippen LogP contribution in [0.25, 0.3) is 0 Å². The minimum absolute atomic E-state index is 0.0611. The summed E-state index contributed by atoms with van der Waals surface area (Å²) in [5.74, 6) is 4.67. The third-order valence-electron chi connectivity index (χ3n) is 3.17. The second-order valence-electron chi connectivity index (χ2n) is 4.79. The van der Waals surface area contributed by atoms with Gasteiger partial charge in [0, 0.05) is 10.6 Å². The molecule has 1 heterocycles. The largest absolute Gasteiger partial charge is 0.325 e. The fraction of sp³-hybridized carbons (Fsp3) is 0.357. The maximum absolute atomic E-state index is 12.1. The molecule has 1 aliphatic rings. The van der Waals surface area contributed by atoms with E-state index in [1.807, 2.05) is 0 Å². The number of nitrogens with one attached hydrogen (secondary N) is 1. The van der Waals surface area contributed by atoms with Gasteiger partial charge in [-0.3, -0.25) is 4.79 Å². The number of benzene rings is 1. The van der Waals surface area contributed by atoms with Crippen molar-refractivity contribution >= 4 is 33.0 Å². The molecule has 1 aliphatic heterocycles. The van der Waals surface area contributed by atoms with Crippen LogP contribution in [0.3, 0.4) is 0 Å². The number of nitrogens with two attached hydrogens (primary N) is 1. The van der Waals surface area contributed by atoms with Gasteiger partial charge >= 0.3 is 0 Å². The Hall–Kier alpha value is -1.55. The summed E-state index contributed by atoms with van der Waals surface area (Å²) >= 11 is 5.91. The Morgan fingerprint density at radius 2 is 2.24 bits per heavy atom. The molecule has 3 N–H and O–H groups in total. The van der Waals surface area contributed by atoms with Crippen LogP contribution in [0, 0.1) is 17.8 Å². The van der Waals surface area contributed by atoms with Crippen LogP contribution >= 0.6 is 11.6 Å². The van der Waals surface area contributed by atoms with Crippen molar-refractivity contribution in [2.45, 2.75) is 6.42 Å². The second-order valence-corrected chi connectivity index (χ2v) is 7.45. The van der Waals surface area contributed by atoms with Gasteiger partial charge in [0.05, 0.1) is 29.7 Å². The highest BCUT2D eigenvalue weighted by Gasteiger charge is 2.33. The van der Waals surface area contributed by atoms with Crippen LogP contribution in [-0.4, -0.2) is 32.4 Å². The summed E-state index contributed by atoms with van der Waals surface area (Å²) in [6.07, 6.45) is 0.353. The van der Waals surface area contributed by atoms with Gasteiger partial charge in [0.25, 0.3) is 0 Å². The van der Waals surface area contributed by atoms with Crippen molar-refractivity contribution in [3.8, 4) is 11.8 Å². The molecule has 7 heteroatoms. The van der Waals surface area contributed by atoms with Crippen LogP contribution in [0.2, 0.25) is 5.02 Å². The first-order chi connectivity index (χ1) is 9.91. The average molecular weight is 327 g/mol. The van der Waals surface area contributed by atoms with E-state index in [0.29, 0.717) is 22.7 Å². The van der Waals surface area contributed by atoms with Crippen molar-refractivity contribution in [1.82, 2.24) is 0 Å². The van der Waals surface area contributed by atoms with Crippen LogP contribution in [0.4, 0.5) is 5.69 Å². The first kappa shape index (κ1) is 15.8. The highest BCUT2D eigenvalue weighted by molar-refractivity contribution is 7.91. The maximum Gasteiger partial charge on any atom is 0.228 e. The number of anilines is 1. The second kappa shape index (κ2) is 6.48. The van der Waals surface area contributed by atoms with Gasteiger partial charge in [-0.15, -0.1) is 0 Å². The summed E-state index contributed by atoms with van der Waals surface area (Å²) in [5, 5.41) is 3.22. The summed E-state index contributed by atoms with van der Waals surface area (Å²) in [6, 6.07) is 4.91. The van der Waals surface area contributed by atoms with Crippen LogP contribution in [0.5, 0.6) is 0 Å². The molecule has 112 valence electrons. The van der Waals surface area contributed by atoms with Gasteiger partial charge in [0.15, 0.2) is 9.84 Å². The quantitative estimate of drug-likeness (QED) is 0.794. The van der Waals surface area contributed by atoms with Gasteiger partial charge in [-0.2, -0.15) is 0 Å². The van der Waals surface area contributed by atoms with E-state index in [1.54, 1.807) is 18.2 Å². The topological polar surface area (TPSA) is 89.3 Å². The van der Waals surface area contributed by atoms with Crippen molar-refractivity contribution in [1.29, 1.82) is 0 Å². The number of hydrogen-bond donors (Lipinski definition) is 2. The van der Waals surface area contributed by atoms with Gasteiger partial charge in [-0.05, 0) is 24.6 Å². The molecule has 0 aromatic heterocycles. The Bertz CT molecular complexity index is 719. The number of hydrogen-bond acceptors (Lipinski definition) is 4. The van der Waals surface area contributed by atoms with Gasteiger partial charge in [-0.1, -0.05) is 23.4 Å². The molecular weight excluding hydrogens is 312 g/mol. The first-order valence-corrected chi connectivity index (χ1v) is 8.61. The van der Waals surface area contributed by atoms with Gasteiger partial charge < -0.3 is 11.1 Å². The molecule has 1 unspecified atom stereocenters. The SMILES string of the molecule is NCC#Cc1cc(Cl)ccc1NC(=O)C1CCS(=O)(=O)C1. The molecule has 1 fully saturated rings. The lowest BCUT2D eigenvalue weighted by Crippen LogP contribution is -2.24. The molecule has 0 bridgehead atoms. The minimum atomic E-state index is -3.09. The molecule has 1 aromatic rings. The summed E-state index contributed by atoms with van der Waals surface area (Å²) < 4.78 is 22.8. The van der Waals surface area contributed by atoms with E-state index in [2.05, 4.69) is 17.2 Å². The molecule has 0 saturated carbocycles. The molecule has 1 saturated heterocycles. The third-order valence-corrected chi connectivity index (χ3v) is 5.17. The minimum Gasteiger partial charge on any atom is -0.325 e. The summed E-state index contributed by atoms with van der Waals surface area (Å²) in [5.41, 5.74) is 6.40. The molecule has 1 aromatic carbocycles. The molecule has 1 atom stereocenters. The maximum atomic E-state index is 12.1. The van der Waals surface area contributed by atoms with Crippen LogP contribution < -0.4 is 11.1 Å². The number of sulfone groups is 1. The highest BCUT2D eigenvalue weighted by atomic mass is 35.5. The monoisotopic (exact) mass is 326 g/mol. The zero-order valence-corrected chi connectivity index (χ0v) is 12.8. The molecular formula is C14H15ClN2O3S. The summed E-state index contributed by atoms with van der Waals surface area (Å²) in [7, 11) is -3.09. The van der Waals surface area contributed by atoms with Gasteiger partial charge in [0.2, 0.25) is 5.91 Å². The molecule has 0 radical (unpaired) electrons. The van der Waals surface area contributed by atoms with E-state index in [0.717, 1.165) is 0 Å². The molecule has 21 heavy (non-hydrogen) atoms. The average Bonchev–Trinajstić information content (AvgIpc) is 2.79. The highest BCUT2D eigenvalue weighted by Crippen LogP contribution is 2.23. The number of carbonyl (C=O) groups is 1. The van der Waals surface area contributed by atoms with E-state index in [1.165, 1.54) is 0 Å². The molecule has 1 amide bonds. The van der Waals surface area contributed by atoms with E-state index in [9.17, 15) is 13.2 Å². The lowest BCUT2D eigenvalue weighted by Gasteiger charge is -2.11. The number of halogens is 1. The normalized spacial score (nSPS) is 19.6. The fourth-order valence-corrected chi connectivity index (χ4v) is 4.03. The standard InChI is InChI=1S/C14H15ClN2O3S/c15-12-3-4-13(10(8-12)2-1-6-16)17-14(18)11-5-7-21(19,20)9-11/h3-4,8,11H,5-7,9,16H2,(H,17,18). The Morgan fingerprint density at radius 3 is 2.86 bits per heavy atom. The Balaban J connectivity index is 2.18. The van der Waals surface area contributed by atoms with Crippen molar-refractivity contribution < 1.29 is 13.2 Å². The summed E-state index contributed by atoms with van der Waals surface area (Å²) in [6.45, 7) is 0.195.